The van der Waals surface area contributed by atoms with Crippen LogP contribution in [0.5, 0.6) is 0 Å². The quantitative estimate of drug-likeness (QED) is 0.507. The van der Waals surface area contributed by atoms with Crippen molar-refractivity contribution in [1.82, 2.24) is 0 Å². The number of primary amides is 1. The van der Waals surface area contributed by atoms with Crippen molar-refractivity contribution in [2.45, 2.75) is 13.8 Å². The Kier molecular flexibility index (Phi) is 4.16. The van der Waals surface area contributed by atoms with Gasteiger partial charge in [0.2, 0.25) is 5.76 Å². The maximum Gasteiger partial charge on any atom is 0.383 e. The summed E-state index contributed by atoms with van der Waals surface area (Å²) < 4.78 is 7.32. The monoisotopic (exact) mass is 283 g/mol. The summed E-state index contributed by atoms with van der Waals surface area (Å²) >= 11 is 0. The van der Waals surface area contributed by atoms with Gasteiger partial charge in [0, 0.05) is 19.9 Å². The number of halogens is 1. The average molecular weight is 284 g/mol. The molecule has 0 aliphatic rings. The lowest BCUT2D eigenvalue weighted by Gasteiger charge is -1.99. The minimum atomic E-state index is -0.733. The topological polar surface area (TPSA) is 89.2 Å². The number of Topliss-reactive ketones (excluding diaryl/α,β-unsaturated/α-hetero) is 1. The van der Waals surface area contributed by atoms with Crippen LogP contribution in [-0.2, 0) is 7.05 Å². The van der Waals surface area contributed by atoms with Crippen molar-refractivity contribution in [2.75, 3.05) is 5.32 Å². The van der Waals surface area contributed by atoms with Gasteiger partial charge in [0.15, 0.2) is 11.5 Å². The fraction of sp³-hybridized carbons (Fsp3) is 0.250. The van der Waals surface area contributed by atoms with Gasteiger partial charge in [-0.25, -0.2) is 4.79 Å². The number of ketones is 1. The highest BCUT2D eigenvalue weighted by atomic mass is 35.5. The number of rotatable bonds is 2. The Labute approximate surface area is 116 Å². The molecule has 2 heterocycles. The van der Waals surface area contributed by atoms with Gasteiger partial charge in [-0.1, -0.05) is 0 Å². The van der Waals surface area contributed by atoms with Crippen LogP contribution in [0.2, 0.25) is 0 Å². The molecule has 0 fully saturated rings. The van der Waals surface area contributed by atoms with Gasteiger partial charge in [0.1, 0.15) is 18.1 Å². The van der Waals surface area contributed by atoms with E-state index < -0.39 is 6.03 Å². The van der Waals surface area contributed by atoms with Gasteiger partial charge in [0.05, 0.1) is 0 Å². The first-order valence-electron chi connectivity index (χ1n) is 5.41. The molecule has 0 spiro atoms. The number of carbonyl (C=O) groups is 2. The van der Waals surface area contributed by atoms with Gasteiger partial charge in [-0.05, 0) is 6.07 Å². The summed E-state index contributed by atoms with van der Waals surface area (Å²) in [5.41, 5.74) is 6.91. The standard InChI is InChI=1S/C12H13N3O3.ClH/c1-6-4-5-8-9(14-12(13)17)10(7(2)16)18-11(8)15(6)3;/h4-5H,1-3H3,(H2-,13,14,16,17);1H. The number of fused-ring (bicyclic) bond motifs is 1. The Morgan fingerprint density at radius 1 is 1.37 bits per heavy atom. The number of pyridine rings is 1. The smallest absolute Gasteiger partial charge is 0.383 e. The zero-order valence-corrected chi connectivity index (χ0v) is 11.5. The van der Waals surface area contributed by atoms with Crippen LogP contribution in [0.1, 0.15) is 23.2 Å². The van der Waals surface area contributed by atoms with E-state index in [0.29, 0.717) is 16.8 Å². The van der Waals surface area contributed by atoms with E-state index in [1.165, 1.54) is 6.92 Å². The van der Waals surface area contributed by atoms with Crippen LogP contribution in [0.25, 0.3) is 11.1 Å². The van der Waals surface area contributed by atoms with Crippen molar-refractivity contribution in [3.8, 4) is 0 Å². The summed E-state index contributed by atoms with van der Waals surface area (Å²) in [4.78, 5) is 22.5. The van der Waals surface area contributed by atoms with E-state index in [2.05, 4.69) is 5.32 Å². The van der Waals surface area contributed by atoms with E-state index >= 15 is 0 Å². The summed E-state index contributed by atoms with van der Waals surface area (Å²) in [6, 6.07) is 2.92. The summed E-state index contributed by atoms with van der Waals surface area (Å²) in [5.74, 6) is -0.169. The van der Waals surface area contributed by atoms with E-state index in [9.17, 15) is 9.59 Å². The molecule has 0 bridgehead atoms. The molecule has 2 amide bonds. The van der Waals surface area contributed by atoms with Crippen LogP contribution in [0.4, 0.5) is 10.5 Å². The first-order chi connectivity index (χ1) is 8.41. The van der Waals surface area contributed by atoms with E-state index in [4.69, 9.17) is 10.2 Å². The van der Waals surface area contributed by atoms with Gasteiger partial charge in [-0.15, -0.1) is 0 Å². The average Bonchev–Trinajstić information content (AvgIpc) is 2.63. The Hall–Kier alpha value is -2.08. The van der Waals surface area contributed by atoms with Crippen LogP contribution >= 0.6 is 0 Å². The highest BCUT2D eigenvalue weighted by Gasteiger charge is 2.24. The molecule has 2 aromatic heterocycles. The Bertz CT molecular complexity index is 664. The number of urea groups is 1. The maximum atomic E-state index is 11.5. The van der Waals surface area contributed by atoms with Crippen molar-refractivity contribution in [1.29, 1.82) is 0 Å². The molecule has 102 valence electrons. The maximum absolute atomic E-state index is 11.5. The molecule has 0 aliphatic heterocycles. The SMILES string of the molecule is CC(=O)c1oc2c(ccc(C)[n+]2C)c1NC(N)=O.[Cl-]. The Morgan fingerprint density at radius 3 is 2.53 bits per heavy atom. The molecule has 0 saturated carbocycles. The lowest BCUT2D eigenvalue weighted by molar-refractivity contribution is -0.657. The fourth-order valence-corrected chi connectivity index (χ4v) is 1.81. The lowest BCUT2D eigenvalue weighted by atomic mass is 10.2. The van der Waals surface area contributed by atoms with Crippen molar-refractivity contribution in [3.05, 3.63) is 23.6 Å². The van der Waals surface area contributed by atoms with Crippen molar-refractivity contribution >= 4 is 28.6 Å². The number of nitrogens with one attached hydrogen (secondary N) is 1. The third kappa shape index (κ3) is 2.53. The number of anilines is 1. The molecule has 0 atom stereocenters. The second-order valence-electron chi connectivity index (χ2n) is 4.10. The number of carbonyl (C=O) groups excluding carboxylic acids is 2. The Balaban J connectivity index is 0.00000180. The number of hydrogen-bond donors (Lipinski definition) is 2. The number of amides is 2. The van der Waals surface area contributed by atoms with Crippen molar-refractivity contribution in [3.63, 3.8) is 0 Å². The zero-order valence-electron chi connectivity index (χ0n) is 10.8. The molecule has 0 unspecified atom stereocenters. The van der Waals surface area contributed by atoms with Crippen LogP contribution in [0, 0.1) is 6.92 Å². The molecule has 0 radical (unpaired) electrons. The van der Waals surface area contributed by atoms with Gasteiger partial charge in [0.25, 0.3) is 0 Å². The van der Waals surface area contributed by atoms with Crippen molar-refractivity contribution in [2.24, 2.45) is 12.8 Å². The first kappa shape index (κ1) is 15.0. The van der Waals surface area contributed by atoms with Gasteiger partial charge < -0.3 is 27.9 Å². The second kappa shape index (κ2) is 5.27. The van der Waals surface area contributed by atoms with Crippen LogP contribution in [0.15, 0.2) is 16.5 Å². The lowest BCUT2D eigenvalue weighted by Crippen LogP contribution is -3.00. The van der Waals surface area contributed by atoms with Crippen molar-refractivity contribution < 1.29 is 31.0 Å². The molecule has 0 aromatic carbocycles. The first-order valence-corrected chi connectivity index (χ1v) is 5.41. The van der Waals surface area contributed by atoms with E-state index in [1.54, 1.807) is 10.6 Å². The normalized spacial score (nSPS) is 10.1. The molecule has 2 rings (SSSR count). The second-order valence-corrected chi connectivity index (χ2v) is 4.10. The third-order valence-corrected chi connectivity index (χ3v) is 2.82. The molecular formula is C12H14ClN3O3. The molecular weight excluding hydrogens is 270 g/mol. The summed E-state index contributed by atoms with van der Waals surface area (Å²) in [6.07, 6.45) is 0. The molecule has 3 N–H and O–H groups in total. The Morgan fingerprint density at radius 2 is 2.00 bits per heavy atom. The van der Waals surface area contributed by atoms with Crippen LogP contribution in [-0.4, -0.2) is 11.8 Å². The molecule has 2 aromatic rings. The van der Waals surface area contributed by atoms with Gasteiger partial charge in [-0.3, -0.25) is 4.79 Å². The van der Waals surface area contributed by atoms with Gasteiger partial charge in [-0.2, -0.15) is 4.57 Å². The number of nitrogens with zero attached hydrogens (tertiary/aromatic N) is 1. The van der Waals surface area contributed by atoms with Crippen LogP contribution in [0.3, 0.4) is 0 Å². The predicted molar refractivity (Wildman–Crippen MR) is 65.3 cm³/mol. The van der Waals surface area contributed by atoms with E-state index in [0.717, 1.165) is 5.69 Å². The number of aryl methyl sites for hydroxylation is 2. The number of hydrogen-bond acceptors (Lipinski definition) is 3. The molecule has 7 heteroatoms. The van der Waals surface area contributed by atoms with Crippen LogP contribution < -0.4 is 28.0 Å². The summed E-state index contributed by atoms with van der Waals surface area (Å²) in [7, 11) is 1.82. The minimum Gasteiger partial charge on any atom is -1.00 e. The summed E-state index contributed by atoms with van der Waals surface area (Å²) in [5, 5.41) is 3.08. The van der Waals surface area contributed by atoms with Gasteiger partial charge >= 0.3 is 11.7 Å². The number of furan rings is 1. The summed E-state index contributed by atoms with van der Waals surface area (Å²) in [6.45, 7) is 3.29. The van der Waals surface area contributed by atoms with E-state index in [-0.39, 0.29) is 24.0 Å². The predicted octanol–water partition coefficient (Wildman–Crippen LogP) is -1.74. The zero-order chi connectivity index (χ0) is 13.4. The molecule has 0 saturated heterocycles. The molecule has 19 heavy (non-hydrogen) atoms. The largest absolute Gasteiger partial charge is 1.00 e. The molecule has 6 nitrogen and oxygen atoms in total. The number of nitrogens with two attached hydrogens (primary N) is 1. The highest BCUT2D eigenvalue weighted by Crippen LogP contribution is 2.29. The fourth-order valence-electron chi connectivity index (χ4n) is 1.81. The molecule has 0 aliphatic carbocycles. The number of aromatic nitrogens is 1. The highest BCUT2D eigenvalue weighted by molar-refractivity contribution is 6.09. The minimum absolute atomic E-state index is 0. The van der Waals surface area contributed by atoms with E-state index in [1.807, 2.05) is 20.0 Å². The third-order valence-electron chi connectivity index (χ3n) is 2.82.